The molecule has 0 bridgehead atoms. The zero-order valence-corrected chi connectivity index (χ0v) is 52.8. The second-order valence-corrected chi connectivity index (χ2v) is 27.4. The van der Waals surface area contributed by atoms with Crippen molar-refractivity contribution in [1.82, 2.24) is 34.8 Å². The second kappa shape index (κ2) is 28.5. The Bertz CT molecular complexity index is 3170. The zero-order valence-electron chi connectivity index (χ0n) is 48.0. The molecule has 0 saturated carbocycles. The van der Waals surface area contributed by atoms with Crippen LogP contribution in [0.1, 0.15) is 136 Å². The van der Waals surface area contributed by atoms with E-state index in [2.05, 4.69) is 76.7 Å². The van der Waals surface area contributed by atoms with Gasteiger partial charge in [0.25, 0.3) is 5.91 Å². The number of aryl methyl sites for hydroxylation is 4. The lowest BCUT2D eigenvalue weighted by molar-refractivity contribution is -0.454. The number of halogens is 2. The molecule has 2 fully saturated rings. The Kier molecular flexibility index (Phi) is 24.1. The number of carboxylic acid groups (broad SMARTS) is 1. The monoisotopic (exact) mass is 1300 g/mol. The van der Waals surface area contributed by atoms with Crippen LogP contribution in [0.4, 0.5) is 0 Å². The quantitative estimate of drug-likeness (QED) is 0.0736. The van der Waals surface area contributed by atoms with E-state index in [1.54, 1.807) is 62.9 Å². The van der Waals surface area contributed by atoms with Gasteiger partial charge >= 0.3 is 17.9 Å². The maximum absolute atomic E-state index is 14.5. The minimum absolute atomic E-state index is 0. The van der Waals surface area contributed by atoms with Crippen LogP contribution < -0.4 is 20.7 Å². The van der Waals surface area contributed by atoms with Crippen molar-refractivity contribution >= 4 is 75.5 Å². The van der Waals surface area contributed by atoms with E-state index >= 15 is 0 Å². The maximum Gasteiger partial charge on any atom is 0.434 e. The van der Waals surface area contributed by atoms with Crippen LogP contribution >= 0.6 is 31.9 Å². The van der Waals surface area contributed by atoms with E-state index in [4.69, 9.17) is 39.4 Å². The fourth-order valence-corrected chi connectivity index (χ4v) is 12.5. The highest BCUT2D eigenvalue weighted by Crippen LogP contribution is 2.31. The number of nitrogens with two attached hydrogens (primary N) is 1. The summed E-state index contributed by atoms with van der Waals surface area (Å²) in [5.41, 5.74) is 7.22. The van der Waals surface area contributed by atoms with Gasteiger partial charge in [0, 0.05) is 33.7 Å². The standard InChI is InChI=1S/C26H35BrN6O5S.C18H30N6O4S.C8H7BrO2.2H2O/c1-15(2)38-22(23-28-11-17(4)12-29-23)18(5)39(35)32-25(30-19-13-36-26(6,7)37-14-19)33(39)31-24(34)20-10-16(3)8-9-21(20)27;1-11(2)28-15(16-20-7-12(3)8-21-16)13(4)29(25)23-17(24(29)19)22-14-9-26-18(5,6)27-10-14;1-5-2-3-7(9)6(4-5)8(10)11;;/h8-12,15,18-19,22H,13-14H2,1-7H3,(H,31,34);7-8,11,13-15H,9-10,19H2,1-6H3;2-4H,1H3,(H,10,11);2*1H2/p+2/t18-,22+,39?;13-,15+,29?;;;/m00.../s1. The van der Waals surface area contributed by atoms with Crippen LogP contribution in [0.5, 0.6) is 0 Å². The number of nitrogens with zero attached hydrogens (tertiary/aromatic N) is 8. The normalized spacial score (nSPS) is 22.8. The fraction of sp³-hybridized carbons (Fsp3) is 0.538. The zero-order chi connectivity index (χ0) is 58.4. The van der Waals surface area contributed by atoms with Gasteiger partial charge in [0.05, 0.1) is 49.8 Å². The molecule has 2 aromatic heterocycles. The number of guanidine groups is 2. The SMILES string of the molecule is Cc1ccc(Br)c(C(=O)O)c1.Cc1cnc([C@H](OC(C)C)[C@H](C)S2(=O)=[N+](N)C(=NC3COC(C)(C)OC3)N2)nc1.Cc1cnc([C@H](OC(C)C)[C@H](C)S2(=O)=[N+](NC(=O)c3cc(C)ccc3Br)C(=NC3COC(C)(C)OC3)N2)nc1.O.O. The molecule has 25 nitrogen and oxygen atoms in total. The Labute approximate surface area is 491 Å². The maximum atomic E-state index is 14.5. The molecule has 10 N–H and O–H groups in total. The lowest BCUT2D eigenvalue weighted by atomic mass is 10.1. The van der Waals surface area contributed by atoms with Crippen LogP contribution in [0.25, 0.3) is 0 Å². The van der Waals surface area contributed by atoms with E-state index in [-0.39, 0.29) is 41.2 Å². The summed E-state index contributed by atoms with van der Waals surface area (Å²) in [6.07, 6.45) is 5.21. The predicted octanol–water partition coefficient (Wildman–Crippen LogP) is 5.39. The predicted molar refractivity (Wildman–Crippen MR) is 311 cm³/mol. The average molecular weight is 1300 g/mol. The van der Waals surface area contributed by atoms with Crippen molar-refractivity contribution in [3.8, 4) is 0 Å². The second-order valence-electron chi connectivity index (χ2n) is 20.8. The topological polar surface area (TPSA) is 351 Å². The number of carbonyl (C=O) groups is 2. The molecule has 2 unspecified atom stereocenters. The van der Waals surface area contributed by atoms with Gasteiger partial charge in [0.1, 0.15) is 22.7 Å². The van der Waals surface area contributed by atoms with Crippen molar-refractivity contribution in [1.29, 1.82) is 0 Å². The van der Waals surface area contributed by atoms with E-state index in [1.807, 2.05) is 95.2 Å². The van der Waals surface area contributed by atoms with Crippen LogP contribution in [0.3, 0.4) is 0 Å². The average Bonchev–Trinajstić information content (AvgIpc) is 3.47. The van der Waals surface area contributed by atoms with Gasteiger partial charge in [0.2, 0.25) is 19.8 Å². The number of hydrogen-bond donors (Lipinski definition) is 5. The highest BCUT2D eigenvalue weighted by Gasteiger charge is 2.50. The third-order valence-corrected chi connectivity index (χ3v) is 18.7. The molecular formula is C52H78Br2N12O13S2+2. The summed E-state index contributed by atoms with van der Waals surface area (Å²) in [5, 5.41) is 7.46. The molecular weight excluding hydrogens is 1220 g/mol. The third-order valence-electron chi connectivity index (χ3n) is 12.3. The van der Waals surface area contributed by atoms with E-state index in [0.29, 0.717) is 64.1 Å². The van der Waals surface area contributed by atoms with Gasteiger partial charge in [-0.05, 0) is 164 Å². The van der Waals surface area contributed by atoms with Gasteiger partial charge in [-0.25, -0.2) is 24.7 Å². The number of hydrazine groups is 2. The molecule has 0 radical (unpaired) electrons. The molecule has 4 aliphatic rings. The smallest absolute Gasteiger partial charge is 0.434 e. The number of aliphatic imine (C=N–C) groups is 2. The molecule has 0 aliphatic carbocycles. The number of amides is 1. The van der Waals surface area contributed by atoms with Crippen LogP contribution in [0, 0.1) is 27.7 Å². The van der Waals surface area contributed by atoms with Crippen molar-refractivity contribution in [2.75, 3.05) is 26.4 Å². The Morgan fingerprint density at radius 2 is 1.04 bits per heavy atom. The van der Waals surface area contributed by atoms with Crippen molar-refractivity contribution in [2.45, 2.75) is 156 Å². The number of carboxylic acids is 1. The molecule has 6 heterocycles. The molecule has 4 aliphatic heterocycles. The summed E-state index contributed by atoms with van der Waals surface area (Å²) in [6, 6.07) is 10.1. The van der Waals surface area contributed by atoms with Gasteiger partial charge in [0.15, 0.2) is 35.3 Å². The third kappa shape index (κ3) is 17.5. The summed E-state index contributed by atoms with van der Waals surface area (Å²) in [4.78, 5) is 50.7. The number of aromatic nitrogens is 4. The highest BCUT2D eigenvalue weighted by molar-refractivity contribution is 9.10. The van der Waals surface area contributed by atoms with E-state index in [9.17, 15) is 18.0 Å². The molecule has 6 atom stereocenters. The molecule has 29 heteroatoms. The van der Waals surface area contributed by atoms with Crippen LogP contribution in [0.2, 0.25) is 0 Å². The summed E-state index contributed by atoms with van der Waals surface area (Å²) < 4.78 is 72.6. The minimum atomic E-state index is -3.14. The van der Waals surface area contributed by atoms with E-state index in [0.717, 1.165) is 22.3 Å². The Morgan fingerprint density at radius 3 is 1.42 bits per heavy atom. The van der Waals surface area contributed by atoms with Crippen molar-refractivity contribution in [3.63, 3.8) is 0 Å². The van der Waals surface area contributed by atoms with Crippen molar-refractivity contribution in [2.24, 2.45) is 15.8 Å². The molecule has 4 aromatic rings. The van der Waals surface area contributed by atoms with Crippen LogP contribution in [-0.2, 0) is 48.3 Å². The van der Waals surface area contributed by atoms with Gasteiger partial charge < -0.3 is 44.5 Å². The molecule has 1 amide bonds. The Balaban J connectivity index is 0.000000295. The first-order valence-corrected chi connectivity index (χ1v) is 30.3. The lowest BCUT2D eigenvalue weighted by Crippen LogP contribution is -2.65. The van der Waals surface area contributed by atoms with Gasteiger partial charge in [-0.3, -0.25) is 4.79 Å². The fourth-order valence-electron chi connectivity index (χ4n) is 7.85. The van der Waals surface area contributed by atoms with Crippen LogP contribution in [-0.4, -0.2) is 149 Å². The number of aromatic carboxylic acids is 1. The highest BCUT2D eigenvalue weighted by atomic mass is 79.9. The summed E-state index contributed by atoms with van der Waals surface area (Å²) in [5.74, 6) is 4.92. The first-order valence-electron chi connectivity index (χ1n) is 25.5. The first kappa shape index (κ1) is 68.5. The summed E-state index contributed by atoms with van der Waals surface area (Å²) >= 11 is 6.59. The molecule has 8 rings (SSSR count). The lowest BCUT2D eigenvalue weighted by Gasteiger charge is -2.34. The molecule has 448 valence electrons. The number of ether oxygens (including phenoxy) is 6. The van der Waals surface area contributed by atoms with Crippen molar-refractivity contribution in [3.05, 3.63) is 115 Å². The number of benzene rings is 2. The molecule has 0 spiro atoms. The Morgan fingerprint density at radius 1 is 0.667 bits per heavy atom. The number of carbonyl (C=O) groups excluding carboxylic acids is 1. The number of rotatable bonds is 15. The van der Waals surface area contributed by atoms with Gasteiger partial charge in [-0.1, -0.05) is 31.4 Å². The van der Waals surface area contributed by atoms with Gasteiger partial charge in [-0.15, -0.1) is 9.98 Å². The molecule has 2 saturated heterocycles. The molecule has 2 aromatic carbocycles. The number of nitrogens with one attached hydrogen (secondary N) is 3. The first-order chi connectivity index (χ1) is 36.9. The number of hydrogen-bond acceptors (Lipinski definition) is 17. The van der Waals surface area contributed by atoms with Crippen molar-refractivity contribution < 1.29 is 70.6 Å². The van der Waals surface area contributed by atoms with E-state index < -0.39 is 66.0 Å². The van der Waals surface area contributed by atoms with E-state index in [1.165, 1.54) is 8.11 Å². The summed E-state index contributed by atoms with van der Waals surface area (Å²) in [7, 11) is -5.97. The van der Waals surface area contributed by atoms with Crippen LogP contribution in [0.15, 0.2) is 80.1 Å². The molecule has 81 heavy (non-hydrogen) atoms. The van der Waals surface area contributed by atoms with Gasteiger partial charge in [-0.2, -0.15) is 29.1 Å². The summed E-state index contributed by atoms with van der Waals surface area (Å²) in [6.45, 7) is 27.5. The Hall–Kier alpha value is -5.02. The largest absolute Gasteiger partial charge is 0.478 e. The minimum Gasteiger partial charge on any atom is -0.478 e.